The van der Waals surface area contributed by atoms with Gasteiger partial charge in [0, 0.05) is 17.4 Å². The van der Waals surface area contributed by atoms with E-state index in [-0.39, 0.29) is 17.7 Å². The van der Waals surface area contributed by atoms with Crippen LogP contribution in [0.3, 0.4) is 0 Å². The Bertz CT molecular complexity index is 482. The van der Waals surface area contributed by atoms with Gasteiger partial charge in [-0.15, -0.1) is 0 Å². The van der Waals surface area contributed by atoms with Gasteiger partial charge in [-0.3, -0.25) is 0 Å². The molecule has 21 heavy (non-hydrogen) atoms. The Morgan fingerprint density at radius 1 is 1.33 bits per heavy atom. The van der Waals surface area contributed by atoms with Crippen LogP contribution in [0.4, 0.5) is 24.8 Å². The number of anilines is 2. The summed E-state index contributed by atoms with van der Waals surface area (Å²) >= 11 is 1.88. The molecular formula is C12H18F3N5S. The summed E-state index contributed by atoms with van der Waals surface area (Å²) in [5.74, 6) is 5.10. The first-order chi connectivity index (χ1) is 9.92. The molecule has 0 aliphatic heterocycles. The standard InChI is InChI=1S/C12H18F3N5S/c1-2-21-8-4-3-7(5-8)17-9-6-10(20-16)19-11(18-9)12(13,14)15/h6-8H,2-5,16H2,1H3,(H2,17,18,19,20). The van der Waals surface area contributed by atoms with E-state index in [9.17, 15) is 13.2 Å². The number of hydrazine groups is 1. The van der Waals surface area contributed by atoms with Gasteiger partial charge in [-0.05, 0) is 25.0 Å². The van der Waals surface area contributed by atoms with E-state index in [1.807, 2.05) is 11.8 Å². The lowest BCUT2D eigenvalue weighted by Gasteiger charge is -2.16. The zero-order chi connectivity index (χ0) is 15.5. The average molecular weight is 321 g/mol. The van der Waals surface area contributed by atoms with Crippen molar-refractivity contribution in [3.8, 4) is 0 Å². The summed E-state index contributed by atoms with van der Waals surface area (Å²) < 4.78 is 38.2. The van der Waals surface area contributed by atoms with Crippen molar-refractivity contribution >= 4 is 23.4 Å². The largest absolute Gasteiger partial charge is 0.451 e. The van der Waals surface area contributed by atoms with Gasteiger partial charge in [0.05, 0.1) is 0 Å². The Kier molecular flexibility index (Phi) is 5.15. The molecule has 1 aliphatic carbocycles. The zero-order valence-electron chi connectivity index (χ0n) is 11.6. The monoisotopic (exact) mass is 321 g/mol. The first kappa shape index (κ1) is 16.2. The van der Waals surface area contributed by atoms with Crippen molar-refractivity contribution in [3.63, 3.8) is 0 Å². The van der Waals surface area contributed by atoms with Gasteiger partial charge < -0.3 is 10.7 Å². The number of nitrogens with zero attached hydrogens (tertiary/aromatic N) is 2. The summed E-state index contributed by atoms with van der Waals surface area (Å²) in [6.07, 6.45) is -1.68. The molecule has 1 saturated carbocycles. The molecule has 1 aromatic rings. The molecule has 9 heteroatoms. The van der Waals surface area contributed by atoms with Gasteiger partial charge in [-0.2, -0.15) is 24.9 Å². The maximum absolute atomic E-state index is 12.7. The van der Waals surface area contributed by atoms with E-state index in [0.717, 1.165) is 25.0 Å². The summed E-state index contributed by atoms with van der Waals surface area (Å²) in [4.78, 5) is 6.86. The molecule has 118 valence electrons. The van der Waals surface area contributed by atoms with Crippen LogP contribution >= 0.6 is 11.8 Å². The minimum absolute atomic E-state index is 0.0581. The van der Waals surface area contributed by atoms with E-state index in [4.69, 9.17) is 5.84 Å². The van der Waals surface area contributed by atoms with Gasteiger partial charge >= 0.3 is 6.18 Å². The van der Waals surface area contributed by atoms with E-state index in [1.165, 1.54) is 6.07 Å². The number of halogens is 3. The van der Waals surface area contributed by atoms with Crippen molar-refractivity contribution < 1.29 is 13.2 Å². The SMILES string of the molecule is CCSC1CCC(Nc2cc(NN)nc(C(F)(F)F)n2)C1. The number of hydrogen-bond donors (Lipinski definition) is 3. The lowest BCUT2D eigenvalue weighted by atomic mass is 10.2. The van der Waals surface area contributed by atoms with Crippen LogP contribution in [0.5, 0.6) is 0 Å². The highest BCUT2D eigenvalue weighted by molar-refractivity contribution is 7.99. The summed E-state index contributed by atoms with van der Waals surface area (Å²) in [5, 5.41) is 3.62. The molecular weight excluding hydrogens is 303 g/mol. The van der Waals surface area contributed by atoms with Crippen LogP contribution in [0.15, 0.2) is 6.07 Å². The van der Waals surface area contributed by atoms with E-state index in [2.05, 4.69) is 27.6 Å². The molecule has 0 amide bonds. The molecule has 1 aromatic heterocycles. The summed E-state index contributed by atoms with van der Waals surface area (Å²) in [6.45, 7) is 2.10. The third-order valence-corrected chi connectivity index (χ3v) is 4.50. The van der Waals surface area contributed by atoms with Crippen molar-refractivity contribution in [1.29, 1.82) is 0 Å². The van der Waals surface area contributed by atoms with Crippen LogP contribution in [-0.4, -0.2) is 27.0 Å². The second-order valence-corrected chi connectivity index (χ2v) is 6.41. The molecule has 0 bridgehead atoms. The molecule has 2 atom stereocenters. The molecule has 2 rings (SSSR count). The van der Waals surface area contributed by atoms with Crippen molar-refractivity contribution in [2.75, 3.05) is 16.5 Å². The van der Waals surface area contributed by atoms with Gasteiger partial charge in [0.2, 0.25) is 5.82 Å². The zero-order valence-corrected chi connectivity index (χ0v) is 12.4. The third-order valence-electron chi connectivity index (χ3n) is 3.27. The Morgan fingerprint density at radius 3 is 2.67 bits per heavy atom. The Balaban J connectivity index is 2.09. The smallest absolute Gasteiger partial charge is 0.367 e. The normalized spacial score (nSPS) is 22.3. The maximum Gasteiger partial charge on any atom is 0.451 e. The van der Waals surface area contributed by atoms with Crippen LogP contribution in [0.2, 0.25) is 0 Å². The molecule has 0 saturated heterocycles. The highest BCUT2D eigenvalue weighted by atomic mass is 32.2. The van der Waals surface area contributed by atoms with Crippen LogP contribution in [0.1, 0.15) is 32.0 Å². The van der Waals surface area contributed by atoms with Crippen LogP contribution in [0.25, 0.3) is 0 Å². The number of rotatable bonds is 5. The lowest BCUT2D eigenvalue weighted by molar-refractivity contribution is -0.144. The summed E-state index contributed by atoms with van der Waals surface area (Å²) in [6, 6.07) is 1.52. The molecule has 0 aromatic carbocycles. The van der Waals surface area contributed by atoms with Crippen molar-refractivity contribution in [2.45, 2.75) is 43.7 Å². The lowest BCUT2D eigenvalue weighted by Crippen LogP contribution is -2.21. The molecule has 2 unspecified atom stereocenters. The first-order valence-electron chi connectivity index (χ1n) is 6.73. The Hall–Kier alpha value is -1.22. The molecule has 4 N–H and O–H groups in total. The van der Waals surface area contributed by atoms with Gasteiger partial charge in [0.1, 0.15) is 11.6 Å². The van der Waals surface area contributed by atoms with Crippen molar-refractivity contribution in [2.24, 2.45) is 5.84 Å². The number of thioether (sulfide) groups is 1. The van der Waals surface area contributed by atoms with Gasteiger partial charge in [-0.1, -0.05) is 6.92 Å². The topological polar surface area (TPSA) is 75.9 Å². The van der Waals surface area contributed by atoms with E-state index >= 15 is 0 Å². The van der Waals surface area contributed by atoms with Gasteiger partial charge in [-0.25, -0.2) is 15.8 Å². The van der Waals surface area contributed by atoms with Crippen molar-refractivity contribution in [1.82, 2.24) is 9.97 Å². The molecule has 5 nitrogen and oxygen atoms in total. The van der Waals surface area contributed by atoms with E-state index in [0.29, 0.717) is 5.25 Å². The Morgan fingerprint density at radius 2 is 2.05 bits per heavy atom. The highest BCUT2D eigenvalue weighted by Gasteiger charge is 2.36. The van der Waals surface area contributed by atoms with Crippen LogP contribution < -0.4 is 16.6 Å². The fourth-order valence-corrected chi connectivity index (χ4v) is 3.53. The minimum Gasteiger partial charge on any atom is -0.367 e. The number of nitrogens with two attached hydrogens (primary N) is 1. The predicted octanol–water partition coefficient (Wildman–Crippen LogP) is 2.87. The number of aromatic nitrogens is 2. The second-order valence-electron chi connectivity index (χ2n) is 4.84. The fourth-order valence-electron chi connectivity index (χ4n) is 2.39. The number of alkyl halides is 3. The quantitative estimate of drug-likeness (QED) is 0.572. The molecule has 1 fully saturated rings. The Labute approximate surface area is 125 Å². The third kappa shape index (κ3) is 4.37. The first-order valence-corrected chi connectivity index (χ1v) is 7.78. The van der Waals surface area contributed by atoms with E-state index < -0.39 is 12.0 Å². The highest BCUT2D eigenvalue weighted by Crippen LogP contribution is 2.32. The molecule has 0 spiro atoms. The number of nitrogen functional groups attached to an aromatic ring is 1. The second kappa shape index (κ2) is 6.69. The summed E-state index contributed by atoms with van der Waals surface area (Å²) in [5.41, 5.74) is 2.14. The van der Waals surface area contributed by atoms with Gasteiger partial charge in [0.25, 0.3) is 0 Å². The number of nitrogens with one attached hydrogen (secondary N) is 2. The van der Waals surface area contributed by atoms with Crippen molar-refractivity contribution in [3.05, 3.63) is 11.9 Å². The van der Waals surface area contributed by atoms with Crippen LogP contribution in [-0.2, 0) is 6.18 Å². The minimum atomic E-state index is -4.60. The number of hydrogen-bond acceptors (Lipinski definition) is 6. The predicted molar refractivity (Wildman–Crippen MR) is 78.0 cm³/mol. The summed E-state index contributed by atoms with van der Waals surface area (Å²) in [7, 11) is 0. The fraction of sp³-hybridized carbons (Fsp3) is 0.667. The maximum atomic E-state index is 12.7. The van der Waals surface area contributed by atoms with E-state index in [1.54, 1.807) is 0 Å². The average Bonchev–Trinajstić information content (AvgIpc) is 2.85. The molecule has 0 radical (unpaired) electrons. The van der Waals surface area contributed by atoms with Crippen LogP contribution in [0, 0.1) is 0 Å². The molecule has 1 aliphatic rings. The molecule has 1 heterocycles. The van der Waals surface area contributed by atoms with Gasteiger partial charge in [0.15, 0.2) is 0 Å².